The minimum absolute atomic E-state index is 0.0471. The molecule has 2 atom stereocenters. The Morgan fingerprint density at radius 1 is 0.951 bits per heavy atom. The van der Waals surface area contributed by atoms with Crippen LogP contribution in [0.1, 0.15) is 56.6 Å². The van der Waals surface area contributed by atoms with E-state index >= 15 is 0 Å². The number of aromatic amines is 1. The first-order valence-electron chi connectivity index (χ1n) is 15.4. The second kappa shape index (κ2) is 14.1. The Kier molecular flexibility index (Phi) is 10.1. The third kappa shape index (κ3) is 7.77. The van der Waals surface area contributed by atoms with Gasteiger partial charge >= 0.3 is 0 Å². The number of para-hydroxylation sites is 2. The van der Waals surface area contributed by atoms with Crippen LogP contribution >= 0.6 is 0 Å². The summed E-state index contributed by atoms with van der Waals surface area (Å²) in [5.74, 6) is 0.755. The average Bonchev–Trinajstić information content (AvgIpc) is 3.40. The molecule has 2 fully saturated rings. The number of ether oxygens (including phenoxy) is 1. The topological polar surface area (TPSA) is 77.7 Å². The maximum atomic E-state index is 13.4. The van der Waals surface area contributed by atoms with E-state index in [2.05, 4.69) is 32.2 Å². The molecule has 0 bridgehead atoms. The lowest BCUT2D eigenvalue weighted by Gasteiger charge is -2.40. The molecular weight excluding hydrogens is 512 g/mol. The summed E-state index contributed by atoms with van der Waals surface area (Å²) in [4.78, 5) is 34.7. The molecule has 2 aliphatic rings. The molecule has 41 heavy (non-hydrogen) atoms. The highest BCUT2D eigenvalue weighted by Gasteiger charge is 2.28. The normalized spacial score (nSPS) is 18.7. The molecule has 0 aliphatic carbocycles. The number of nitrogens with one attached hydrogen (secondary N) is 2. The zero-order valence-electron chi connectivity index (χ0n) is 24.7. The zero-order chi connectivity index (χ0) is 28.6. The van der Waals surface area contributed by atoms with Crippen LogP contribution in [0.3, 0.4) is 0 Å². The van der Waals surface area contributed by atoms with Crippen molar-refractivity contribution in [2.24, 2.45) is 5.92 Å². The van der Waals surface area contributed by atoms with E-state index in [1.165, 1.54) is 32.4 Å². The van der Waals surface area contributed by atoms with Crippen LogP contribution in [0.4, 0.5) is 0 Å². The van der Waals surface area contributed by atoms with Crippen molar-refractivity contribution in [3.63, 3.8) is 0 Å². The number of aromatic nitrogens is 1. The van der Waals surface area contributed by atoms with Crippen molar-refractivity contribution >= 4 is 22.6 Å². The highest BCUT2D eigenvalue weighted by molar-refractivity contribution is 5.83. The summed E-state index contributed by atoms with van der Waals surface area (Å²) in [5.41, 5.74) is 3.26. The Labute approximate surface area is 244 Å². The molecule has 3 heterocycles. The second-order valence-electron chi connectivity index (χ2n) is 12.0. The number of carbonyl (C=O) groups excluding carboxylic acids is 2. The summed E-state index contributed by atoms with van der Waals surface area (Å²) < 4.78 is 5.57. The monoisotopic (exact) mass is 558 g/mol. The number of Topliss-reactive ketones (excluding diaryl/α,β-unsaturated/α-hetero) is 1. The quantitative estimate of drug-likeness (QED) is 0.328. The van der Waals surface area contributed by atoms with Crippen molar-refractivity contribution in [2.45, 2.75) is 70.4 Å². The van der Waals surface area contributed by atoms with Crippen LogP contribution in [-0.4, -0.2) is 78.4 Å². The van der Waals surface area contributed by atoms with E-state index in [1.54, 1.807) is 14.0 Å². The van der Waals surface area contributed by atoms with Gasteiger partial charge in [0, 0.05) is 48.2 Å². The Bertz CT molecular complexity index is 1290. The summed E-state index contributed by atoms with van der Waals surface area (Å²) in [6, 6.07) is 16.6. The van der Waals surface area contributed by atoms with Gasteiger partial charge in [0.05, 0.1) is 13.7 Å². The Morgan fingerprint density at radius 3 is 2.44 bits per heavy atom. The van der Waals surface area contributed by atoms with Crippen molar-refractivity contribution in [3.8, 4) is 5.75 Å². The molecule has 0 saturated carbocycles. The summed E-state index contributed by atoms with van der Waals surface area (Å²) in [5, 5.41) is 4.52. The van der Waals surface area contributed by atoms with Gasteiger partial charge in [0.1, 0.15) is 11.5 Å². The van der Waals surface area contributed by atoms with Crippen LogP contribution in [-0.2, 0) is 22.4 Å². The van der Waals surface area contributed by atoms with Crippen molar-refractivity contribution in [1.29, 1.82) is 0 Å². The van der Waals surface area contributed by atoms with Gasteiger partial charge in [-0.25, -0.2) is 0 Å². The van der Waals surface area contributed by atoms with Gasteiger partial charge in [0.25, 0.3) is 0 Å². The first kappa shape index (κ1) is 29.3. The van der Waals surface area contributed by atoms with Crippen LogP contribution in [0.5, 0.6) is 5.75 Å². The Hall–Kier alpha value is -3.16. The number of likely N-dealkylation sites (tertiary alicyclic amines) is 2. The van der Waals surface area contributed by atoms with Crippen molar-refractivity contribution in [3.05, 3.63) is 65.9 Å². The second-order valence-corrected chi connectivity index (χ2v) is 12.0. The lowest BCUT2D eigenvalue weighted by Crippen LogP contribution is -2.50. The molecule has 0 spiro atoms. The van der Waals surface area contributed by atoms with Gasteiger partial charge in [-0.05, 0) is 88.2 Å². The number of rotatable bonds is 12. The largest absolute Gasteiger partial charge is 0.496 e. The summed E-state index contributed by atoms with van der Waals surface area (Å²) in [6.07, 6.45) is 10.1. The number of H-pyrrole nitrogens is 1. The number of fused-ring (bicyclic) bond motifs is 1. The maximum Gasteiger partial charge on any atom is 0.234 e. The third-order valence-corrected chi connectivity index (χ3v) is 9.14. The van der Waals surface area contributed by atoms with E-state index in [0.29, 0.717) is 31.8 Å². The minimum atomic E-state index is -0.220. The molecule has 1 amide bonds. The zero-order valence-corrected chi connectivity index (χ0v) is 24.7. The fourth-order valence-electron chi connectivity index (χ4n) is 6.84. The molecule has 2 aromatic carbocycles. The first-order valence-corrected chi connectivity index (χ1v) is 15.4. The fraction of sp³-hybridized carbons (Fsp3) is 0.529. The van der Waals surface area contributed by atoms with Crippen LogP contribution in [0.2, 0.25) is 0 Å². The molecule has 2 N–H and O–H groups in total. The fourth-order valence-corrected chi connectivity index (χ4v) is 6.84. The molecule has 2 aliphatic heterocycles. The number of nitrogens with zero attached hydrogens (tertiary/aromatic N) is 2. The summed E-state index contributed by atoms with van der Waals surface area (Å²) >= 11 is 0. The van der Waals surface area contributed by atoms with Crippen LogP contribution in [0.15, 0.2) is 54.7 Å². The van der Waals surface area contributed by atoms with E-state index in [4.69, 9.17) is 4.74 Å². The smallest absolute Gasteiger partial charge is 0.234 e. The van der Waals surface area contributed by atoms with Gasteiger partial charge < -0.3 is 19.9 Å². The lowest BCUT2D eigenvalue weighted by molar-refractivity contribution is -0.125. The predicted molar refractivity (Wildman–Crippen MR) is 164 cm³/mol. The van der Waals surface area contributed by atoms with Gasteiger partial charge in [-0.3, -0.25) is 14.5 Å². The maximum absolute atomic E-state index is 13.4. The van der Waals surface area contributed by atoms with Gasteiger partial charge in [0.2, 0.25) is 5.91 Å². The molecule has 220 valence electrons. The van der Waals surface area contributed by atoms with E-state index in [0.717, 1.165) is 53.7 Å². The molecule has 1 unspecified atom stereocenters. The van der Waals surface area contributed by atoms with Gasteiger partial charge in [0.15, 0.2) is 0 Å². The lowest BCUT2D eigenvalue weighted by atomic mass is 9.87. The van der Waals surface area contributed by atoms with Gasteiger partial charge in [-0.15, -0.1) is 0 Å². The van der Waals surface area contributed by atoms with Gasteiger partial charge in [-0.1, -0.05) is 42.8 Å². The van der Waals surface area contributed by atoms with E-state index < -0.39 is 0 Å². The number of amides is 1. The van der Waals surface area contributed by atoms with Crippen molar-refractivity contribution in [1.82, 2.24) is 20.1 Å². The molecule has 1 aromatic heterocycles. The number of carbonyl (C=O) groups is 2. The van der Waals surface area contributed by atoms with E-state index in [-0.39, 0.29) is 23.7 Å². The van der Waals surface area contributed by atoms with Crippen molar-refractivity contribution in [2.75, 3.05) is 39.8 Å². The number of hydrogen-bond donors (Lipinski definition) is 2. The standard InChI is InChI=1S/C34H46N4O3/c1-25(39)27(20-26-10-4-7-13-33(26)41-2)21-29(22-28-23-35-32-12-6-5-11-31(28)32)36-34(40)24-37-18-14-30(15-19-37)38-16-8-3-9-17-38/h4-7,10-13,23,27,29-30,35H,3,8-9,14-22,24H2,1-2H3,(H,36,40)/t27?,29-/m0/s1. The van der Waals surface area contributed by atoms with Crippen LogP contribution < -0.4 is 10.1 Å². The highest BCUT2D eigenvalue weighted by Crippen LogP contribution is 2.26. The average molecular weight is 559 g/mol. The number of benzene rings is 2. The molecular formula is C34H46N4O3. The van der Waals surface area contributed by atoms with Crippen molar-refractivity contribution < 1.29 is 14.3 Å². The predicted octanol–water partition coefficient (Wildman–Crippen LogP) is 4.99. The number of methoxy groups -OCH3 is 1. The number of ketones is 1. The summed E-state index contributed by atoms with van der Waals surface area (Å²) in [7, 11) is 1.66. The highest BCUT2D eigenvalue weighted by atomic mass is 16.5. The Morgan fingerprint density at radius 2 is 1.68 bits per heavy atom. The van der Waals surface area contributed by atoms with Crippen LogP contribution in [0.25, 0.3) is 10.9 Å². The molecule has 7 nitrogen and oxygen atoms in total. The SMILES string of the molecule is COc1ccccc1CC(C[C@@H](Cc1c[nH]c2ccccc12)NC(=O)CN1CCC(N2CCCCC2)CC1)C(C)=O. The molecule has 7 heteroatoms. The summed E-state index contributed by atoms with van der Waals surface area (Å²) in [6.45, 7) is 6.46. The third-order valence-electron chi connectivity index (χ3n) is 9.14. The molecule has 0 radical (unpaired) electrons. The number of hydrogen-bond acceptors (Lipinski definition) is 5. The number of piperidine rings is 2. The molecule has 3 aromatic rings. The minimum Gasteiger partial charge on any atom is -0.496 e. The molecule has 5 rings (SSSR count). The van der Waals surface area contributed by atoms with Crippen LogP contribution in [0, 0.1) is 5.92 Å². The first-order chi connectivity index (χ1) is 20.0. The van der Waals surface area contributed by atoms with E-state index in [9.17, 15) is 9.59 Å². The Balaban J connectivity index is 1.25. The molecule has 2 saturated heterocycles. The van der Waals surface area contributed by atoms with E-state index in [1.807, 2.05) is 42.6 Å². The van der Waals surface area contributed by atoms with Gasteiger partial charge in [-0.2, -0.15) is 0 Å².